The highest BCUT2D eigenvalue weighted by Gasteiger charge is 2.13. The van der Waals surface area contributed by atoms with Crippen molar-refractivity contribution in [1.29, 1.82) is 0 Å². The Hall–Kier alpha value is -3.64. The molecule has 0 aliphatic carbocycles. The van der Waals surface area contributed by atoms with Crippen molar-refractivity contribution in [3.05, 3.63) is 105 Å². The van der Waals surface area contributed by atoms with Gasteiger partial charge in [-0.2, -0.15) is 0 Å². The van der Waals surface area contributed by atoms with Crippen molar-refractivity contribution in [3.63, 3.8) is 0 Å². The van der Waals surface area contributed by atoms with Gasteiger partial charge in [0.05, 0.1) is 17.4 Å². The van der Waals surface area contributed by atoms with Gasteiger partial charge in [-0.05, 0) is 47.9 Å². The highest BCUT2D eigenvalue weighted by Crippen LogP contribution is 2.17. The predicted octanol–water partition coefficient (Wildman–Crippen LogP) is 5.37. The van der Waals surface area contributed by atoms with E-state index in [4.69, 9.17) is 16.6 Å². The third-order valence-electron chi connectivity index (χ3n) is 5.31. The number of hydrogen-bond acceptors (Lipinski definition) is 3. The molecule has 2 N–H and O–H groups in total. The van der Waals surface area contributed by atoms with Gasteiger partial charge in [0.2, 0.25) is 0 Å². The van der Waals surface area contributed by atoms with E-state index in [1.165, 1.54) is 0 Å². The number of carbonyl (C=O) groups excluding carboxylic acids is 1. The van der Waals surface area contributed by atoms with Gasteiger partial charge in [-0.1, -0.05) is 61.0 Å². The summed E-state index contributed by atoms with van der Waals surface area (Å²) in [6.07, 6.45) is 1.57. The van der Waals surface area contributed by atoms with Crippen LogP contribution in [0.5, 0.6) is 0 Å². The van der Waals surface area contributed by atoms with Crippen LogP contribution in [-0.4, -0.2) is 15.6 Å². The van der Waals surface area contributed by atoms with Gasteiger partial charge in [-0.25, -0.2) is 9.78 Å². The van der Waals surface area contributed by atoms with E-state index >= 15 is 0 Å². The van der Waals surface area contributed by atoms with E-state index in [1.807, 2.05) is 54.6 Å². The summed E-state index contributed by atoms with van der Waals surface area (Å²) in [6.45, 7) is 2.88. The molecule has 0 saturated carbocycles. The zero-order chi connectivity index (χ0) is 23.2. The van der Waals surface area contributed by atoms with Crippen LogP contribution in [0.2, 0.25) is 5.02 Å². The third kappa shape index (κ3) is 5.59. The van der Waals surface area contributed by atoms with Crippen molar-refractivity contribution in [3.8, 4) is 0 Å². The Balaban J connectivity index is 1.59. The molecule has 0 saturated heterocycles. The van der Waals surface area contributed by atoms with Crippen LogP contribution in [0, 0.1) is 0 Å². The van der Waals surface area contributed by atoms with Crippen molar-refractivity contribution < 1.29 is 4.79 Å². The lowest BCUT2D eigenvalue weighted by Crippen LogP contribution is -2.28. The number of hydrogen-bond donors (Lipinski definition) is 2. The zero-order valence-corrected chi connectivity index (χ0v) is 19.1. The molecule has 4 aromatic rings. The first-order valence-electron chi connectivity index (χ1n) is 10.9. The third-order valence-corrected chi connectivity index (χ3v) is 5.57. The molecule has 1 heterocycles. The first kappa shape index (κ1) is 22.6. The lowest BCUT2D eigenvalue weighted by Gasteiger charge is -2.14. The van der Waals surface area contributed by atoms with Crippen molar-refractivity contribution in [2.75, 3.05) is 5.32 Å². The predicted molar refractivity (Wildman–Crippen MR) is 133 cm³/mol. The van der Waals surface area contributed by atoms with Crippen LogP contribution in [0.25, 0.3) is 10.9 Å². The second-order valence-electron chi connectivity index (χ2n) is 7.82. The summed E-state index contributed by atoms with van der Waals surface area (Å²) in [7, 11) is 0. The molecule has 33 heavy (non-hydrogen) atoms. The standard InChI is InChI=1S/C26H25ClN4O2/c1-2-6-24-30-23-14-13-21(29-26(33)28-16-18-7-4-3-5-8-18)15-22(23)25(32)31(24)17-19-9-11-20(27)12-10-19/h3-5,7-15H,2,6,16-17H2,1H3,(H2,28,29,33). The number of anilines is 1. The van der Waals surface area contributed by atoms with E-state index in [1.54, 1.807) is 22.8 Å². The molecule has 0 aliphatic heterocycles. The van der Waals surface area contributed by atoms with Gasteiger partial charge < -0.3 is 10.6 Å². The van der Waals surface area contributed by atoms with Crippen molar-refractivity contribution in [1.82, 2.24) is 14.9 Å². The lowest BCUT2D eigenvalue weighted by atomic mass is 10.1. The van der Waals surface area contributed by atoms with Gasteiger partial charge in [-0.3, -0.25) is 9.36 Å². The number of fused-ring (bicyclic) bond motifs is 1. The van der Waals surface area contributed by atoms with E-state index in [-0.39, 0.29) is 11.6 Å². The van der Waals surface area contributed by atoms with Gasteiger partial charge in [0.1, 0.15) is 5.82 Å². The number of carbonyl (C=O) groups is 1. The number of aromatic nitrogens is 2. The number of nitrogens with one attached hydrogen (secondary N) is 2. The van der Waals surface area contributed by atoms with Gasteiger partial charge >= 0.3 is 6.03 Å². The summed E-state index contributed by atoms with van der Waals surface area (Å²) in [5.41, 5.74) is 2.99. The fourth-order valence-electron chi connectivity index (χ4n) is 3.65. The Labute approximate surface area is 197 Å². The normalized spacial score (nSPS) is 10.8. The van der Waals surface area contributed by atoms with Crippen LogP contribution in [0.3, 0.4) is 0 Å². The summed E-state index contributed by atoms with van der Waals surface area (Å²) in [6, 6.07) is 22.0. The number of halogens is 1. The molecule has 0 spiro atoms. The summed E-state index contributed by atoms with van der Waals surface area (Å²) in [5, 5.41) is 6.74. The molecule has 7 heteroatoms. The fraction of sp³-hybridized carbons (Fsp3) is 0.192. The molecular formula is C26H25ClN4O2. The van der Waals surface area contributed by atoms with Gasteiger partial charge in [-0.15, -0.1) is 0 Å². The first-order chi connectivity index (χ1) is 16.0. The molecule has 0 aliphatic rings. The maximum Gasteiger partial charge on any atom is 0.319 e. The Bertz CT molecular complexity index is 1320. The fourth-order valence-corrected chi connectivity index (χ4v) is 3.77. The minimum atomic E-state index is -0.338. The number of aryl methyl sites for hydroxylation is 1. The van der Waals surface area contributed by atoms with E-state index in [2.05, 4.69) is 17.6 Å². The molecule has 0 fully saturated rings. The zero-order valence-electron chi connectivity index (χ0n) is 18.3. The van der Waals surface area contributed by atoms with E-state index in [9.17, 15) is 9.59 Å². The van der Waals surface area contributed by atoms with Crippen LogP contribution in [0.4, 0.5) is 10.5 Å². The topological polar surface area (TPSA) is 76.0 Å². The summed E-state index contributed by atoms with van der Waals surface area (Å²) >= 11 is 6.00. The second-order valence-corrected chi connectivity index (χ2v) is 8.26. The Kier molecular flexibility index (Phi) is 7.05. The molecule has 1 aromatic heterocycles. The van der Waals surface area contributed by atoms with Crippen molar-refractivity contribution in [2.45, 2.75) is 32.9 Å². The number of amides is 2. The number of urea groups is 1. The van der Waals surface area contributed by atoms with Crippen molar-refractivity contribution >= 4 is 34.2 Å². The molecule has 0 bridgehead atoms. The maximum atomic E-state index is 13.4. The Morgan fingerprint density at radius 3 is 2.48 bits per heavy atom. The minimum Gasteiger partial charge on any atom is -0.334 e. The van der Waals surface area contributed by atoms with E-state index < -0.39 is 0 Å². The number of benzene rings is 3. The molecular weight excluding hydrogens is 436 g/mol. The Morgan fingerprint density at radius 1 is 1.00 bits per heavy atom. The summed E-state index contributed by atoms with van der Waals surface area (Å²) in [4.78, 5) is 30.5. The molecule has 3 aromatic carbocycles. The molecule has 2 amide bonds. The number of rotatable bonds is 7. The van der Waals surface area contributed by atoms with Crippen LogP contribution >= 0.6 is 11.6 Å². The molecule has 0 unspecified atom stereocenters. The molecule has 0 radical (unpaired) electrons. The second kappa shape index (κ2) is 10.3. The lowest BCUT2D eigenvalue weighted by molar-refractivity contribution is 0.251. The molecule has 4 rings (SSSR count). The smallest absolute Gasteiger partial charge is 0.319 e. The van der Waals surface area contributed by atoms with Gasteiger partial charge in [0.25, 0.3) is 5.56 Å². The van der Waals surface area contributed by atoms with Crippen LogP contribution in [0.1, 0.15) is 30.3 Å². The average molecular weight is 461 g/mol. The van der Waals surface area contributed by atoms with Crippen LogP contribution < -0.4 is 16.2 Å². The Morgan fingerprint density at radius 2 is 1.76 bits per heavy atom. The minimum absolute atomic E-state index is 0.133. The van der Waals surface area contributed by atoms with Crippen LogP contribution in [-0.2, 0) is 19.5 Å². The monoisotopic (exact) mass is 460 g/mol. The maximum absolute atomic E-state index is 13.4. The SMILES string of the molecule is CCCc1nc2ccc(NC(=O)NCc3ccccc3)cc2c(=O)n1Cc1ccc(Cl)cc1. The van der Waals surface area contributed by atoms with Crippen molar-refractivity contribution in [2.24, 2.45) is 0 Å². The average Bonchev–Trinajstić information content (AvgIpc) is 2.83. The molecule has 168 valence electrons. The largest absolute Gasteiger partial charge is 0.334 e. The highest BCUT2D eigenvalue weighted by molar-refractivity contribution is 6.30. The molecule has 0 atom stereocenters. The summed E-state index contributed by atoms with van der Waals surface area (Å²) < 4.78 is 1.70. The number of nitrogens with zero attached hydrogens (tertiary/aromatic N) is 2. The summed E-state index contributed by atoms with van der Waals surface area (Å²) in [5.74, 6) is 0.742. The van der Waals surface area contributed by atoms with Crippen LogP contribution in [0.15, 0.2) is 77.6 Å². The van der Waals surface area contributed by atoms with E-state index in [0.717, 1.165) is 23.4 Å². The van der Waals surface area contributed by atoms with Gasteiger partial charge in [0.15, 0.2) is 0 Å². The van der Waals surface area contributed by atoms with E-state index in [0.29, 0.717) is 41.1 Å². The first-order valence-corrected chi connectivity index (χ1v) is 11.3. The highest BCUT2D eigenvalue weighted by atomic mass is 35.5. The molecule has 6 nitrogen and oxygen atoms in total. The quantitative estimate of drug-likeness (QED) is 0.389. The van der Waals surface area contributed by atoms with Gasteiger partial charge in [0, 0.05) is 23.7 Å².